The van der Waals surface area contributed by atoms with E-state index in [4.69, 9.17) is 0 Å². The number of pyridine rings is 1. The maximum atomic E-state index is 12.3. The molecule has 4 nitrogen and oxygen atoms in total. The van der Waals surface area contributed by atoms with Crippen LogP contribution >= 0.6 is 0 Å². The molecule has 0 saturated heterocycles. The number of aryl methyl sites for hydroxylation is 2. The third-order valence-corrected chi connectivity index (χ3v) is 3.21. The van der Waals surface area contributed by atoms with Crippen molar-refractivity contribution in [1.29, 1.82) is 0 Å². The quantitative estimate of drug-likeness (QED) is 0.878. The Hall–Kier alpha value is -2.36. The van der Waals surface area contributed by atoms with Crippen LogP contribution in [-0.2, 0) is 0 Å². The van der Waals surface area contributed by atoms with Crippen LogP contribution in [0.1, 0.15) is 35.0 Å². The smallest absolute Gasteiger partial charge is 0.274 e. The highest BCUT2D eigenvalue weighted by Crippen LogP contribution is 2.17. The number of nitrogens with zero attached hydrogens (tertiary/aromatic N) is 1. The van der Waals surface area contributed by atoms with Crippen molar-refractivity contribution in [3.8, 4) is 0 Å². The zero-order valence-electron chi connectivity index (χ0n) is 12.7. The van der Waals surface area contributed by atoms with E-state index in [-0.39, 0.29) is 5.91 Å². The van der Waals surface area contributed by atoms with Crippen molar-refractivity contribution in [2.45, 2.75) is 27.2 Å². The molecule has 1 aromatic heterocycles. The number of anilines is 2. The summed E-state index contributed by atoms with van der Waals surface area (Å²) in [5.74, 6) is -0.191. The number of benzene rings is 1. The van der Waals surface area contributed by atoms with Gasteiger partial charge in [-0.05, 0) is 49.6 Å². The van der Waals surface area contributed by atoms with E-state index in [0.717, 1.165) is 35.5 Å². The van der Waals surface area contributed by atoms with Gasteiger partial charge in [-0.2, -0.15) is 0 Å². The maximum Gasteiger partial charge on any atom is 0.274 e. The summed E-state index contributed by atoms with van der Waals surface area (Å²) in [6.45, 7) is 6.95. The Labute approximate surface area is 125 Å². The Morgan fingerprint density at radius 1 is 1.19 bits per heavy atom. The summed E-state index contributed by atoms with van der Waals surface area (Å²) in [5, 5.41) is 6.18. The molecule has 0 aliphatic rings. The summed E-state index contributed by atoms with van der Waals surface area (Å²) in [7, 11) is 0. The van der Waals surface area contributed by atoms with Gasteiger partial charge in [0.25, 0.3) is 5.91 Å². The predicted molar refractivity (Wildman–Crippen MR) is 86.9 cm³/mol. The van der Waals surface area contributed by atoms with E-state index in [2.05, 4.69) is 22.5 Å². The van der Waals surface area contributed by atoms with E-state index < -0.39 is 0 Å². The van der Waals surface area contributed by atoms with Crippen molar-refractivity contribution in [2.75, 3.05) is 17.2 Å². The Bertz CT molecular complexity index is 638. The molecule has 0 atom stereocenters. The molecule has 0 aliphatic heterocycles. The molecule has 0 spiro atoms. The lowest BCUT2D eigenvalue weighted by Gasteiger charge is -2.10. The first-order valence-corrected chi connectivity index (χ1v) is 7.18. The highest BCUT2D eigenvalue weighted by Gasteiger charge is 2.10. The summed E-state index contributed by atoms with van der Waals surface area (Å²) in [4.78, 5) is 16.4. The van der Waals surface area contributed by atoms with Gasteiger partial charge in [0.2, 0.25) is 0 Å². The molecule has 0 aliphatic carbocycles. The molecular weight excluding hydrogens is 262 g/mol. The van der Waals surface area contributed by atoms with Gasteiger partial charge in [0, 0.05) is 24.1 Å². The van der Waals surface area contributed by atoms with E-state index in [1.807, 2.05) is 38.1 Å². The first-order chi connectivity index (χ1) is 10.1. The summed E-state index contributed by atoms with van der Waals surface area (Å²) < 4.78 is 0. The van der Waals surface area contributed by atoms with Gasteiger partial charge in [-0.1, -0.05) is 19.1 Å². The number of amides is 1. The summed E-state index contributed by atoms with van der Waals surface area (Å²) in [6.07, 6.45) is 2.68. The average molecular weight is 283 g/mol. The zero-order chi connectivity index (χ0) is 15.2. The highest BCUT2D eigenvalue weighted by atomic mass is 16.1. The van der Waals surface area contributed by atoms with E-state index >= 15 is 0 Å². The lowest BCUT2D eigenvalue weighted by molar-refractivity contribution is 0.102. The van der Waals surface area contributed by atoms with Crippen molar-refractivity contribution in [2.24, 2.45) is 0 Å². The number of carbonyl (C=O) groups is 1. The van der Waals surface area contributed by atoms with Gasteiger partial charge in [0.05, 0.1) is 0 Å². The first-order valence-electron chi connectivity index (χ1n) is 7.18. The molecular formula is C17H21N3O. The molecule has 1 amide bonds. The summed E-state index contributed by atoms with van der Waals surface area (Å²) in [5.41, 5.74) is 4.31. The Balaban J connectivity index is 2.14. The second-order valence-corrected chi connectivity index (χ2v) is 5.13. The van der Waals surface area contributed by atoms with Crippen molar-refractivity contribution in [1.82, 2.24) is 4.98 Å². The third-order valence-electron chi connectivity index (χ3n) is 3.21. The highest BCUT2D eigenvalue weighted by molar-refractivity contribution is 6.03. The Morgan fingerprint density at radius 3 is 2.76 bits per heavy atom. The molecule has 0 radical (unpaired) electrons. The second kappa shape index (κ2) is 6.88. The molecule has 0 bridgehead atoms. The average Bonchev–Trinajstić information content (AvgIpc) is 2.49. The van der Waals surface area contributed by atoms with E-state index in [0.29, 0.717) is 5.69 Å². The maximum absolute atomic E-state index is 12.3. The topological polar surface area (TPSA) is 54.0 Å². The number of hydrogen-bond acceptors (Lipinski definition) is 3. The molecule has 1 heterocycles. The lowest BCUT2D eigenvalue weighted by Crippen LogP contribution is -2.15. The number of carbonyl (C=O) groups excluding carboxylic acids is 1. The molecule has 4 heteroatoms. The minimum atomic E-state index is -0.191. The number of rotatable bonds is 5. The van der Waals surface area contributed by atoms with Gasteiger partial charge < -0.3 is 10.6 Å². The minimum Gasteiger partial charge on any atom is -0.385 e. The van der Waals surface area contributed by atoms with Crippen molar-refractivity contribution in [3.05, 3.63) is 53.3 Å². The normalized spacial score (nSPS) is 10.2. The summed E-state index contributed by atoms with van der Waals surface area (Å²) in [6, 6.07) is 9.63. The number of aromatic nitrogens is 1. The zero-order valence-corrected chi connectivity index (χ0v) is 12.7. The van der Waals surface area contributed by atoms with Gasteiger partial charge in [0.1, 0.15) is 5.69 Å². The van der Waals surface area contributed by atoms with Gasteiger partial charge in [-0.15, -0.1) is 0 Å². The fourth-order valence-corrected chi connectivity index (χ4v) is 1.99. The second-order valence-electron chi connectivity index (χ2n) is 5.13. The SMILES string of the molecule is CCCNc1ccnc(C(=O)Nc2cc(C)ccc2C)c1. The molecule has 2 aromatic rings. The predicted octanol–water partition coefficient (Wildman–Crippen LogP) is 3.77. The van der Waals surface area contributed by atoms with Crippen molar-refractivity contribution < 1.29 is 4.79 Å². The molecule has 2 N–H and O–H groups in total. The van der Waals surface area contributed by atoms with Crippen LogP contribution in [0.25, 0.3) is 0 Å². The molecule has 2 rings (SSSR count). The molecule has 21 heavy (non-hydrogen) atoms. The number of nitrogens with one attached hydrogen (secondary N) is 2. The van der Waals surface area contributed by atoms with Crippen LogP contribution < -0.4 is 10.6 Å². The molecule has 1 aromatic carbocycles. The van der Waals surface area contributed by atoms with E-state index in [1.165, 1.54) is 0 Å². The fourth-order valence-electron chi connectivity index (χ4n) is 1.99. The summed E-state index contributed by atoms with van der Waals surface area (Å²) >= 11 is 0. The van der Waals surface area contributed by atoms with Gasteiger partial charge in [-0.3, -0.25) is 9.78 Å². The number of hydrogen-bond donors (Lipinski definition) is 2. The molecule has 0 unspecified atom stereocenters. The molecule has 110 valence electrons. The van der Waals surface area contributed by atoms with E-state index in [9.17, 15) is 4.79 Å². The standard InChI is InChI=1S/C17H21N3O/c1-4-8-18-14-7-9-19-16(11-14)17(21)20-15-10-12(2)5-6-13(15)3/h5-7,9-11H,4,8H2,1-3H3,(H,18,19)(H,20,21). The van der Waals surface area contributed by atoms with Crippen LogP contribution in [0.4, 0.5) is 11.4 Å². The van der Waals surface area contributed by atoms with Crippen molar-refractivity contribution >= 4 is 17.3 Å². The lowest BCUT2D eigenvalue weighted by atomic mass is 10.1. The van der Waals surface area contributed by atoms with Crippen LogP contribution in [0.2, 0.25) is 0 Å². The van der Waals surface area contributed by atoms with Crippen LogP contribution in [-0.4, -0.2) is 17.4 Å². The largest absolute Gasteiger partial charge is 0.385 e. The van der Waals surface area contributed by atoms with E-state index in [1.54, 1.807) is 12.3 Å². The van der Waals surface area contributed by atoms with Gasteiger partial charge >= 0.3 is 0 Å². The van der Waals surface area contributed by atoms with Crippen LogP contribution in [0.3, 0.4) is 0 Å². The van der Waals surface area contributed by atoms with Crippen LogP contribution in [0.15, 0.2) is 36.5 Å². The Kier molecular flexibility index (Phi) is 4.93. The van der Waals surface area contributed by atoms with Gasteiger partial charge in [0.15, 0.2) is 0 Å². The van der Waals surface area contributed by atoms with Crippen LogP contribution in [0, 0.1) is 13.8 Å². The monoisotopic (exact) mass is 283 g/mol. The first kappa shape index (κ1) is 15.0. The fraction of sp³-hybridized carbons (Fsp3) is 0.294. The van der Waals surface area contributed by atoms with Gasteiger partial charge in [-0.25, -0.2) is 0 Å². The third kappa shape index (κ3) is 4.05. The molecule has 0 fully saturated rings. The molecule has 0 saturated carbocycles. The Morgan fingerprint density at radius 2 is 2.00 bits per heavy atom. The van der Waals surface area contributed by atoms with Crippen molar-refractivity contribution in [3.63, 3.8) is 0 Å². The van der Waals surface area contributed by atoms with Crippen LogP contribution in [0.5, 0.6) is 0 Å². The minimum absolute atomic E-state index is 0.191.